The molecule has 20 heavy (non-hydrogen) atoms. The molecule has 110 valence electrons. The van der Waals surface area contributed by atoms with Crippen molar-refractivity contribution in [3.8, 4) is 11.4 Å². The average Bonchev–Trinajstić information content (AvgIpc) is 2.39. The van der Waals surface area contributed by atoms with Crippen LogP contribution in [0.5, 0.6) is 0 Å². The zero-order chi connectivity index (χ0) is 15.4. The molecule has 6 heteroatoms. The van der Waals surface area contributed by atoms with Gasteiger partial charge in [-0.3, -0.25) is 18.4 Å². The molecule has 0 saturated carbocycles. The van der Waals surface area contributed by atoms with E-state index in [1.165, 1.54) is 0 Å². The fraction of sp³-hybridized carbons (Fsp3) is 0.286. The van der Waals surface area contributed by atoms with Crippen LogP contribution in [0.25, 0.3) is 11.4 Å². The van der Waals surface area contributed by atoms with Gasteiger partial charge < -0.3 is 0 Å². The molecule has 0 unspecified atom stereocenters. The van der Waals surface area contributed by atoms with Gasteiger partial charge >= 0.3 is 0 Å². The third kappa shape index (κ3) is 11.7. The Hall–Kier alpha value is -1.40. The predicted molar refractivity (Wildman–Crippen MR) is 87.4 cm³/mol. The van der Waals surface area contributed by atoms with Gasteiger partial charge in [-0.1, -0.05) is 12.1 Å². The molecule has 0 aromatic carbocycles. The topological polar surface area (TPSA) is 59.9 Å². The molecule has 4 nitrogen and oxygen atoms in total. The van der Waals surface area contributed by atoms with Crippen molar-refractivity contribution in [3.63, 3.8) is 0 Å². The number of nitrogens with zero attached hydrogens (tertiary/aromatic N) is 2. The molecule has 0 spiro atoms. The summed E-state index contributed by atoms with van der Waals surface area (Å²) in [5, 5.41) is 0. The maximum Gasteiger partial charge on any atom is 0.0886 e. The van der Waals surface area contributed by atoms with E-state index < -0.39 is 21.6 Å². The lowest BCUT2D eigenvalue weighted by atomic mass is 10.2. The monoisotopic (exact) mass is 312 g/mol. The highest BCUT2D eigenvalue weighted by atomic mass is 32.2. The summed E-state index contributed by atoms with van der Waals surface area (Å²) in [4.78, 5) is 8.37. The van der Waals surface area contributed by atoms with E-state index in [9.17, 15) is 8.42 Å². The lowest BCUT2D eigenvalue weighted by Crippen LogP contribution is -1.83. The fourth-order valence-electron chi connectivity index (χ4n) is 1.03. The number of aromatic nitrogens is 2. The minimum absolute atomic E-state index is 0.611. The first kappa shape index (κ1) is 18.6. The summed E-state index contributed by atoms with van der Waals surface area (Å²) < 4.78 is 19.1. The molecule has 0 saturated heterocycles. The van der Waals surface area contributed by atoms with Gasteiger partial charge in [0.05, 0.1) is 11.4 Å². The lowest BCUT2D eigenvalue weighted by Gasteiger charge is -1.96. The highest BCUT2D eigenvalue weighted by molar-refractivity contribution is 7.83. The fourth-order valence-corrected chi connectivity index (χ4v) is 1.03. The zero-order valence-corrected chi connectivity index (χ0v) is 13.8. The highest BCUT2D eigenvalue weighted by Crippen LogP contribution is 2.10. The van der Waals surface area contributed by atoms with Gasteiger partial charge in [-0.2, -0.15) is 0 Å². The SMILES string of the molecule is CS(C)=O.CS(C)=O.c1ccc(-c2ccccn2)nc1. The normalized spacial score (nSPS) is 9.30. The van der Waals surface area contributed by atoms with Gasteiger partial charge in [-0.05, 0) is 24.3 Å². The van der Waals surface area contributed by atoms with E-state index in [0.717, 1.165) is 11.4 Å². The molecule has 0 aliphatic carbocycles. The van der Waals surface area contributed by atoms with Gasteiger partial charge in [0.25, 0.3) is 0 Å². The minimum Gasteiger partial charge on any atom is -0.260 e. The van der Waals surface area contributed by atoms with E-state index in [0.29, 0.717) is 0 Å². The molecule has 2 heterocycles. The predicted octanol–water partition coefficient (Wildman–Crippen LogP) is 2.13. The third-order valence-corrected chi connectivity index (χ3v) is 1.59. The summed E-state index contributed by atoms with van der Waals surface area (Å²) in [6, 6.07) is 11.6. The van der Waals surface area contributed by atoms with Crippen molar-refractivity contribution in [2.24, 2.45) is 0 Å². The molecule has 0 bridgehead atoms. The summed E-state index contributed by atoms with van der Waals surface area (Å²) in [5.74, 6) is 0. The van der Waals surface area contributed by atoms with Crippen molar-refractivity contribution in [2.45, 2.75) is 0 Å². The Morgan fingerprint density at radius 1 is 0.700 bits per heavy atom. The first-order valence-electron chi connectivity index (χ1n) is 5.76. The molecule has 0 fully saturated rings. The van der Waals surface area contributed by atoms with Crippen molar-refractivity contribution in [2.75, 3.05) is 25.0 Å². The van der Waals surface area contributed by atoms with Crippen LogP contribution >= 0.6 is 0 Å². The Balaban J connectivity index is 0.000000380. The van der Waals surface area contributed by atoms with Crippen LogP contribution < -0.4 is 0 Å². The number of hydrogen-bond acceptors (Lipinski definition) is 4. The molecular formula is C14H20N2O2S2. The maximum absolute atomic E-state index is 9.56. The first-order chi connectivity index (χ1) is 9.43. The number of rotatable bonds is 1. The standard InChI is InChI=1S/C10H8N2.2C2H6OS/c1-3-7-11-9(5-1)10-6-2-4-8-12-10;2*1-4(2)3/h1-8H;2*1-2H3. The van der Waals surface area contributed by atoms with Crippen molar-refractivity contribution < 1.29 is 8.42 Å². The molecule has 0 radical (unpaired) electrons. The van der Waals surface area contributed by atoms with E-state index >= 15 is 0 Å². The largest absolute Gasteiger partial charge is 0.260 e. The van der Waals surface area contributed by atoms with E-state index in [4.69, 9.17) is 0 Å². The summed E-state index contributed by atoms with van der Waals surface area (Å²) in [6.07, 6.45) is 10.1. The van der Waals surface area contributed by atoms with Crippen molar-refractivity contribution in [1.29, 1.82) is 0 Å². The number of hydrogen-bond donors (Lipinski definition) is 0. The lowest BCUT2D eigenvalue weighted by molar-refractivity contribution is 0.689. The summed E-state index contributed by atoms with van der Waals surface area (Å²) >= 11 is 0. The molecular weight excluding hydrogens is 292 g/mol. The van der Waals surface area contributed by atoms with Crippen molar-refractivity contribution >= 4 is 21.6 Å². The first-order valence-corrected chi connectivity index (χ1v) is 9.69. The molecule has 0 atom stereocenters. The van der Waals surface area contributed by atoms with Crippen LogP contribution in [0.1, 0.15) is 0 Å². The van der Waals surface area contributed by atoms with Crippen LogP contribution in [0.2, 0.25) is 0 Å². The smallest absolute Gasteiger partial charge is 0.0886 e. The Morgan fingerprint density at radius 3 is 1.20 bits per heavy atom. The van der Waals surface area contributed by atoms with Gasteiger partial charge in [-0.15, -0.1) is 0 Å². The molecule has 2 aromatic heterocycles. The van der Waals surface area contributed by atoms with Gasteiger partial charge in [0.1, 0.15) is 0 Å². The van der Waals surface area contributed by atoms with Gasteiger partial charge in [0.15, 0.2) is 0 Å². The quantitative estimate of drug-likeness (QED) is 0.809. The van der Waals surface area contributed by atoms with Crippen LogP contribution in [-0.4, -0.2) is 43.4 Å². The Bertz CT molecular complexity index is 462. The summed E-state index contributed by atoms with van der Waals surface area (Å²) in [6.45, 7) is 0. The number of pyridine rings is 2. The Morgan fingerprint density at radius 2 is 1.00 bits per heavy atom. The van der Waals surface area contributed by atoms with Crippen LogP contribution in [0.15, 0.2) is 48.8 Å². The van der Waals surface area contributed by atoms with Gasteiger partial charge in [0, 0.05) is 59.0 Å². The molecule has 0 aliphatic rings. The summed E-state index contributed by atoms with van der Waals surface area (Å²) in [5.41, 5.74) is 1.83. The van der Waals surface area contributed by atoms with Crippen LogP contribution in [0, 0.1) is 0 Å². The summed E-state index contributed by atoms with van der Waals surface area (Å²) in [7, 11) is -1.22. The van der Waals surface area contributed by atoms with Gasteiger partial charge in [-0.25, -0.2) is 0 Å². The van der Waals surface area contributed by atoms with Crippen molar-refractivity contribution in [3.05, 3.63) is 48.8 Å². The maximum atomic E-state index is 9.56. The van der Waals surface area contributed by atoms with Crippen LogP contribution in [0.3, 0.4) is 0 Å². The Labute approximate surface area is 125 Å². The van der Waals surface area contributed by atoms with E-state index in [-0.39, 0.29) is 0 Å². The second kappa shape index (κ2) is 11.4. The van der Waals surface area contributed by atoms with E-state index in [1.807, 2.05) is 36.4 Å². The molecule has 2 aromatic rings. The van der Waals surface area contributed by atoms with Crippen molar-refractivity contribution in [1.82, 2.24) is 9.97 Å². The highest BCUT2D eigenvalue weighted by Gasteiger charge is 1.95. The van der Waals surface area contributed by atoms with E-state index in [1.54, 1.807) is 37.4 Å². The van der Waals surface area contributed by atoms with Gasteiger partial charge in [0.2, 0.25) is 0 Å². The third-order valence-electron chi connectivity index (χ3n) is 1.59. The van der Waals surface area contributed by atoms with Crippen LogP contribution in [0.4, 0.5) is 0 Å². The molecule has 2 rings (SSSR count). The second-order valence-electron chi connectivity index (χ2n) is 3.91. The van der Waals surface area contributed by atoms with E-state index in [2.05, 4.69) is 9.97 Å². The Kier molecular flexibility index (Phi) is 10.6. The average molecular weight is 312 g/mol. The minimum atomic E-state index is -0.611. The molecule has 0 aliphatic heterocycles. The molecule has 0 amide bonds. The zero-order valence-electron chi connectivity index (χ0n) is 12.1. The van der Waals surface area contributed by atoms with Crippen LogP contribution in [-0.2, 0) is 21.6 Å². The molecule has 0 N–H and O–H groups in total. The second-order valence-corrected chi connectivity index (χ2v) is 6.88.